The molecule has 0 amide bonds. The van der Waals surface area contributed by atoms with E-state index < -0.39 is 0 Å². The predicted molar refractivity (Wildman–Crippen MR) is 67.6 cm³/mol. The summed E-state index contributed by atoms with van der Waals surface area (Å²) in [5.74, 6) is 0.837. The van der Waals surface area contributed by atoms with Crippen LogP contribution in [0.3, 0.4) is 0 Å². The molecule has 3 nitrogen and oxygen atoms in total. The quantitative estimate of drug-likeness (QED) is 0.647. The molecule has 1 unspecified atom stereocenters. The van der Waals surface area contributed by atoms with Gasteiger partial charge in [-0.25, -0.2) is 0 Å². The number of methoxy groups -OCH3 is 1. The van der Waals surface area contributed by atoms with Gasteiger partial charge in [0.15, 0.2) is 0 Å². The van der Waals surface area contributed by atoms with Crippen LogP contribution in [-0.2, 0) is 14.3 Å². The summed E-state index contributed by atoms with van der Waals surface area (Å²) in [5, 5.41) is -0.0958. The third kappa shape index (κ3) is 6.16. The molecule has 0 radical (unpaired) electrons. The van der Waals surface area contributed by atoms with Crippen LogP contribution in [0.15, 0.2) is 0 Å². The zero-order valence-electron chi connectivity index (χ0n) is 10.8. The summed E-state index contributed by atoms with van der Waals surface area (Å²) in [6.45, 7) is 8.07. The first-order chi connectivity index (χ1) is 7.38. The Bertz CT molecular complexity index is 236. The summed E-state index contributed by atoms with van der Waals surface area (Å²) in [6, 6.07) is 0. The Hall–Kier alpha value is -0.510. The second kappa shape index (κ2) is 7.71. The van der Waals surface area contributed by atoms with Gasteiger partial charge in [-0.3, -0.25) is 9.59 Å². The molecule has 0 aliphatic heterocycles. The van der Waals surface area contributed by atoms with Crippen LogP contribution in [0, 0.1) is 11.8 Å². The van der Waals surface area contributed by atoms with Crippen LogP contribution in [0.25, 0.3) is 0 Å². The summed E-state index contributed by atoms with van der Waals surface area (Å²) in [5.41, 5.74) is 0. The standard InChI is InChI=1S/C12H22O3S/c1-8(2)6-10(13)12(9(3)4)16-7-11(14)15-5/h8-9,12H,6-7H2,1-5H3. The number of esters is 1. The molecular weight excluding hydrogens is 224 g/mol. The lowest BCUT2D eigenvalue weighted by Crippen LogP contribution is -2.26. The molecule has 0 aliphatic carbocycles. The second-order valence-electron chi connectivity index (χ2n) is 4.62. The van der Waals surface area contributed by atoms with Crippen LogP contribution in [0.2, 0.25) is 0 Å². The Balaban J connectivity index is 4.27. The predicted octanol–water partition coefficient (Wildman–Crippen LogP) is 2.53. The normalized spacial score (nSPS) is 12.9. The number of rotatable bonds is 7. The fourth-order valence-corrected chi connectivity index (χ4v) is 2.49. The maximum absolute atomic E-state index is 11.9. The third-order valence-electron chi connectivity index (χ3n) is 2.14. The first-order valence-corrected chi connectivity index (χ1v) is 6.64. The topological polar surface area (TPSA) is 43.4 Å². The van der Waals surface area contributed by atoms with E-state index in [1.165, 1.54) is 18.9 Å². The van der Waals surface area contributed by atoms with Crippen molar-refractivity contribution in [1.82, 2.24) is 0 Å². The molecule has 0 heterocycles. The number of carbonyl (C=O) groups is 2. The molecule has 0 saturated heterocycles. The van der Waals surface area contributed by atoms with Crippen molar-refractivity contribution in [3.05, 3.63) is 0 Å². The van der Waals surface area contributed by atoms with E-state index >= 15 is 0 Å². The Morgan fingerprint density at radius 2 is 1.75 bits per heavy atom. The molecule has 16 heavy (non-hydrogen) atoms. The van der Waals surface area contributed by atoms with Gasteiger partial charge in [0.1, 0.15) is 5.78 Å². The van der Waals surface area contributed by atoms with Gasteiger partial charge >= 0.3 is 5.97 Å². The van der Waals surface area contributed by atoms with E-state index in [0.29, 0.717) is 12.3 Å². The van der Waals surface area contributed by atoms with Crippen molar-refractivity contribution in [1.29, 1.82) is 0 Å². The monoisotopic (exact) mass is 246 g/mol. The summed E-state index contributed by atoms with van der Waals surface area (Å²) < 4.78 is 4.57. The molecule has 1 atom stereocenters. The summed E-state index contributed by atoms with van der Waals surface area (Å²) >= 11 is 1.39. The van der Waals surface area contributed by atoms with E-state index in [2.05, 4.69) is 4.74 Å². The fourth-order valence-electron chi connectivity index (χ4n) is 1.39. The summed E-state index contributed by atoms with van der Waals surface area (Å²) in [4.78, 5) is 23.0. The molecule has 0 N–H and O–H groups in total. The molecule has 0 fully saturated rings. The third-order valence-corrected chi connectivity index (χ3v) is 3.71. The molecule has 0 spiro atoms. The van der Waals surface area contributed by atoms with E-state index in [1.54, 1.807) is 0 Å². The van der Waals surface area contributed by atoms with E-state index in [0.717, 1.165) is 0 Å². The zero-order valence-corrected chi connectivity index (χ0v) is 11.6. The molecule has 0 aromatic carbocycles. The second-order valence-corrected chi connectivity index (χ2v) is 5.75. The van der Waals surface area contributed by atoms with Gasteiger partial charge in [-0.05, 0) is 11.8 Å². The average molecular weight is 246 g/mol. The Kier molecular flexibility index (Phi) is 7.47. The maximum Gasteiger partial charge on any atom is 0.315 e. The molecule has 0 saturated carbocycles. The minimum atomic E-state index is -0.270. The van der Waals surface area contributed by atoms with Crippen molar-refractivity contribution in [2.45, 2.75) is 39.4 Å². The van der Waals surface area contributed by atoms with E-state index in [9.17, 15) is 9.59 Å². The van der Waals surface area contributed by atoms with Crippen molar-refractivity contribution in [2.75, 3.05) is 12.9 Å². The Morgan fingerprint density at radius 3 is 2.12 bits per heavy atom. The number of hydrogen-bond donors (Lipinski definition) is 0. The fraction of sp³-hybridized carbons (Fsp3) is 0.833. The number of ketones is 1. The van der Waals surface area contributed by atoms with Gasteiger partial charge in [-0.2, -0.15) is 0 Å². The smallest absolute Gasteiger partial charge is 0.315 e. The molecular formula is C12H22O3S. The minimum Gasteiger partial charge on any atom is -0.468 e. The average Bonchev–Trinajstić information content (AvgIpc) is 2.15. The molecule has 94 valence electrons. The Labute approximate surface area is 102 Å². The van der Waals surface area contributed by atoms with Gasteiger partial charge in [0.05, 0.1) is 18.1 Å². The van der Waals surface area contributed by atoms with Crippen molar-refractivity contribution in [2.24, 2.45) is 11.8 Å². The van der Waals surface area contributed by atoms with E-state index in [-0.39, 0.29) is 28.7 Å². The van der Waals surface area contributed by atoms with Gasteiger partial charge in [-0.1, -0.05) is 27.7 Å². The number of hydrogen-bond acceptors (Lipinski definition) is 4. The molecule has 0 rings (SSSR count). The number of ether oxygens (including phenoxy) is 1. The van der Waals surface area contributed by atoms with Crippen molar-refractivity contribution >= 4 is 23.5 Å². The van der Waals surface area contributed by atoms with Crippen molar-refractivity contribution in [3.8, 4) is 0 Å². The number of thioether (sulfide) groups is 1. The Morgan fingerprint density at radius 1 is 1.19 bits per heavy atom. The molecule has 0 aromatic rings. The van der Waals surface area contributed by atoms with Crippen LogP contribution < -0.4 is 0 Å². The van der Waals surface area contributed by atoms with Crippen LogP contribution in [0.1, 0.15) is 34.1 Å². The van der Waals surface area contributed by atoms with Gasteiger partial charge in [0, 0.05) is 6.42 Å². The van der Waals surface area contributed by atoms with Gasteiger partial charge in [0.2, 0.25) is 0 Å². The van der Waals surface area contributed by atoms with E-state index in [1.807, 2.05) is 27.7 Å². The van der Waals surface area contributed by atoms with Crippen molar-refractivity contribution in [3.63, 3.8) is 0 Å². The van der Waals surface area contributed by atoms with Gasteiger partial charge in [0.25, 0.3) is 0 Å². The lowest BCUT2D eigenvalue weighted by molar-refractivity contribution is -0.137. The molecule has 4 heteroatoms. The first-order valence-electron chi connectivity index (χ1n) is 5.59. The highest BCUT2D eigenvalue weighted by molar-refractivity contribution is 8.01. The van der Waals surface area contributed by atoms with Crippen LogP contribution in [-0.4, -0.2) is 29.9 Å². The zero-order chi connectivity index (χ0) is 12.7. The highest BCUT2D eigenvalue weighted by atomic mass is 32.2. The lowest BCUT2D eigenvalue weighted by Gasteiger charge is -2.19. The van der Waals surface area contributed by atoms with E-state index in [4.69, 9.17) is 0 Å². The van der Waals surface area contributed by atoms with Gasteiger partial charge in [-0.15, -0.1) is 11.8 Å². The van der Waals surface area contributed by atoms with Crippen molar-refractivity contribution < 1.29 is 14.3 Å². The minimum absolute atomic E-state index is 0.0958. The molecule has 0 bridgehead atoms. The lowest BCUT2D eigenvalue weighted by atomic mass is 9.99. The highest BCUT2D eigenvalue weighted by Crippen LogP contribution is 2.23. The molecule has 0 aliphatic rings. The SMILES string of the molecule is COC(=O)CSC(C(=O)CC(C)C)C(C)C. The number of carbonyl (C=O) groups excluding carboxylic acids is 2. The molecule has 0 aromatic heterocycles. The van der Waals surface area contributed by atoms with Crippen LogP contribution >= 0.6 is 11.8 Å². The summed E-state index contributed by atoms with van der Waals surface area (Å²) in [7, 11) is 1.36. The summed E-state index contributed by atoms with van der Waals surface area (Å²) in [6.07, 6.45) is 0.580. The van der Waals surface area contributed by atoms with Crippen LogP contribution in [0.4, 0.5) is 0 Å². The first kappa shape index (κ1) is 15.5. The number of Topliss-reactive ketones (excluding diaryl/α,β-unsaturated/α-hetero) is 1. The largest absolute Gasteiger partial charge is 0.468 e. The highest BCUT2D eigenvalue weighted by Gasteiger charge is 2.24. The van der Waals surface area contributed by atoms with Gasteiger partial charge < -0.3 is 4.74 Å². The van der Waals surface area contributed by atoms with Crippen LogP contribution in [0.5, 0.6) is 0 Å². The maximum atomic E-state index is 11.9.